The van der Waals surface area contributed by atoms with E-state index in [1.54, 1.807) is 11.3 Å². The highest BCUT2D eigenvalue weighted by atomic mass is 32.1. The summed E-state index contributed by atoms with van der Waals surface area (Å²) in [7, 11) is 0. The predicted molar refractivity (Wildman–Crippen MR) is 65.3 cm³/mol. The summed E-state index contributed by atoms with van der Waals surface area (Å²) in [6.45, 7) is 6.35. The van der Waals surface area contributed by atoms with Gasteiger partial charge in [-0.3, -0.25) is 5.10 Å². The molecule has 80 valence electrons. The first-order chi connectivity index (χ1) is 7.04. The van der Waals surface area contributed by atoms with E-state index in [0.29, 0.717) is 0 Å². The molecule has 0 aliphatic heterocycles. The van der Waals surface area contributed by atoms with Crippen molar-refractivity contribution in [3.05, 3.63) is 22.9 Å². The van der Waals surface area contributed by atoms with Crippen LogP contribution in [0.2, 0.25) is 0 Å². The van der Waals surface area contributed by atoms with Crippen LogP contribution in [-0.4, -0.2) is 15.7 Å². The van der Waals surface area contributed by atoms with Gasteiger partial charge in [-0.15, -0.1) is 0 Å². The molecule has 2 aromatic rings. The molecule has 2 heterocycles. The van der Waals surface area contributed by atoms with Gasteiger partial charge in [-0.2, -0.15) is 16.4 Å². The van der Waals surface area contributed by atoms with E-state index in [-0.39, 0.29) is 5.54 Å². The van der Waals surface area contributed by atoms with Gasteiger partial charge in [0.1, 0.15) is 5.82 Å². The van der Waals surface area contributed by atoms with Crippen LogP contribution in [0.25, 0.3) is 11.3 Å². The van der Waals surface area contributed by atoms with Crippen LogP contribution in [0, 0.1) is 0 Å². The molecule has 0 aliphatic rings. The van der Waals surface area contributed by atoms with Crippen molar-refractivity contribution in [1.29, 1.82) is 0 Å². The van der Waals surface area contributed by atoms with E-state index in [9.17, 15) is 0 Å². The Morgan fingerprint density at radius 1 is 1.40 bits per heavy atom. The van der Waals surface area contributed by atoms with E-state index in [0.717, 1.165) is 11.5 Å². The highest BCUT2D eigenvalue weighted by Crippen LogP contribution is 2.23. The zero-order valence-electron chi connectivity index (χ0n) is 9.16. The highest BCUT2D eigenvalue weighted by Gasteiger charge is 2.11. The van der Waals surface area contributed by atoms with Crippen LogP contribution in [0.1, 0.15) is 20.8 Å². The zero-order chi connectivity index (χ0) is 10.9. The number of anilines is 1. The third-order valence-corrected chi connectivity index (χ3v) is 2.60. The van der Waals surface area contributed by atoms with Gasteiger partial charge >= 0.3 is 0 Å². The molecule has 0 aromatic carbocycles. The van der Waals surface area contributed by atoms with Crippen LogP contribution >= 0.6 is 11.3 Å². The quantitative estimate of drug-likeness (QED) is 0.816. The molecule has 2 rings (SSSR count). The molecule has 0 spiro atoms. The molecule has 0 amide bonds. The van der Waals surface area contributed by atoms with E-state index in [1.165, 1.54) is 5.56 Å². The van der Waals surface area contributed by atoms with Crippen LogP contribution in [-0.2, 0) is 0 Å². The Labute approximate surface area is 93.5 Å². The lowest BCUT2D eigenvalue weighted by atomic mass is 10.1. The number of nitrogens with one attached hydrogen (secondary N) is 2. The summed E-state index contributed by atoms with van der Waals surface area (Å²) in [6.07, 6.45) is 0. The molecule has 0 saturated heterocycles. The molecule has 0 fully saturated rings. The fraction of sp³-hybridized carbons (Fsp3) is 0.364. The topological polar surface area (TPSA) is 40.7 Å². The Morgan fingerprint density at radius 2 is 2.20 bits per heavy atom. The minimum atomic E-state index is 0.0428. The smallest absolute Gasteiger partial charge is 0.148 e. The standard InChI is InChI=1S/C11H15N3S/c1-11(2,3)12-10-6-9(13-14-10)8-4-5-15-7-8/h4-7H,1-3H3,(H2,12,13,14). The maximum atomic E-state index is 4.23. The summed E-state index contributed by atoms with van der Waals surface area (Å²) < 4.78 is 0. The number of thiophene rings is 1. The molecule has 0 unspecified atom stereocenters. The monoisotopic (exact) mass is 221 g/mol. The van der Waals surface area contributed by atoms with Gasteiger partial charge in [-0.25, -0.2) is 0 Å². The van der Waals surface area contributed by atoms with Crippen molar-refractivity contribution in [2.24, 2.45) is 0 Å². The number of aromatic amines is 1. The molecule has 0 saturated carbocycles. The lowest BCUT2D eigenvalue weighted by molar-refractivity contribution is 0.630. The first kappa shape index (κ1) is 10.2. The van der Waals surface area contributed by atoms with Gasteiger partial charge in [0, 0.05) is 22.5 Å². The van der Waals surface area contributed by atoms with E-state index < -0.39 is 0 Å². The average molecular weight is 221 g/mol. The first-order valence-electron chi connectivity index (χ1n) is 4.91. The van der Waals surface area contributed by atoms with Crippen molar-refractivity contribution in [2.45, 2.75) is 26.3 Å². The Hall–Kier alpha value is -1.29. The summed E-state index contributed by atoms with van der Waals surface area (Å²) in [5.41, 5.74) is 2.29. The lowest BCUT2D eigenvalue weighted by Crippen LogP contribution is -2.26. The van der Waals surface area contributed by atoms with Gasteiger partial charge < -0.3 is 5.32 Å². The average Bonchev–Trinajstić information content (AvgIpc) is 2.68. The van der Waals surface area contributed by atoms with E-state index in [2.05, 4.69) is 53.1 Å². The third-order valence-electron chi connectivity index (χ3n) is 1.91. The number of hydrogen-bond donors (Lipinski definition) is 2. The van der Waals surface area contributed by atoms with Crippen molar-refractivity contribution in [3.63, 3.8) is 0 Å². The lowest BCUT2D eigenvalue weighted by Gasteiger charge is -2.19. The fourth-order valence-electron chi connectivity index (χ4n) is 1.34. The number of rotatable bonds is 2. The van der Waals surface area contributed by atoms with Crippen LogP contribution < -0.4 is 5.32 Å². The van der Waals surface area contributed by atoms with Crippen LogP contribution in [0.15, 0.2) is 22.9 Å². The number of hydrogen-bond acceptors (Lipinski definition) is 3. The number of aromatic nitrogens is 2. The molecular formula is C11H15N3S. The second kappa shape index (κ2) is 3.70. The van der Waals surface area contributed by atoms with Gasteiger partial charge in [-0.1, -0.05) is 0 Å². The van der Waals surface area contributed by atoms with Gasteiger partial charge in [0.25, 0.3) is 0 Å². The fourth-order valence-corrected chi connectivity index (χ4v) is 1.99. The Morgan fingerprint density at radius 3 is 2.80 bits per heavy atom. The normalized spacial score (nSPS) is 11.7. The number of nitrogens with zero attached hydrogens (tertiary/aromatic N) is 1. The van der Waals surface area contributed by atoms with E-state index >= 15 is 0 Å². The second-order valence-electron chi connectivity index (χ2n) is 4.55. The molecule has 4 heteroatoms. The SMILES string of the molecule is CC(C)(C)Nc1cc(-c2ccsc2)[nH]n1. The summed E-state index contributed by atoms with van der Waals surface area (Å²) >= 11 is 1.69. The number of H-pyrrole nitrogens is 1. The van der Waals surface area contributed by atoms with E-state index in [1.807, 2.05) is 6.07 Å². The minimum Gasteiger partial charge on any atom is -0.364 e. The summed E-state index contributed by atoms with van der Waals surface area (Å²) in [5.74, 6) is 0.892. The second-order valence-corrected chi connectivity index (χ2v) is 5.33. The summed E-state index contributed by atoms with van der Waals surface area (Å²) in [4.78, 5) is 0. The predicted octanol–water partition coefficient (Wildman–Crippen LogP) is 3.35. The molecule has 0 atom stereocenters. The highest BCUT2D eigenvalue weighted by molar-refractivity contribution is 7.08. The van der Waals surface area contributed by atoms with Crippen molar-refractivity contribution < 1.29 is 0 Å². The third kappa shape index (κ3) is 2.59. The van der Waals surface area contributed by atoms with Crippen molar-refractivity contribution in [3.8, 4) is 11.3 Å². The molecule has 3 nitrogen and oxygen atoms in total. The van der Waals surface area contributed by atoms with Crippen LogP contribution in [0.4, 0.5) is 5.82 Å². The molecular weight excluding hydrogens is 206 g/mol. The maximum Gasteiger partial charge on any atom is 0.148 e. The van der Waals surface area contributed by atoms with Gasteiger partial charge in [0.05, 0.1) is 5.69 Å². The molecule has 0 aliphatic carbocycles. The zero-order valence-corrected chi connectivity index (χ0v) is 9.98. The Balaban J connectivity index is 2.18. The van der Waals surface area contributed by atoms with Gasteiger partial charge in [0.2, 0.25) is 0 Å². The Kier molecular flexibility index (Phi) is 2.52. The molecule has 0 bridgehead atoms. The molecule has 0 radical (unpaired) electrons. The van der Waals surface area contributed by atoms with Crippen molar-refractivity contribution >= 4 is 17.2 Å². The molecule has 2 N–H and O–H groups in total. The van der Waals surface area contributed by atoms with Crippen LogP contribution in [0.5, 0.6) is 0 Å². The van der Waals surface area contributed by atoms with E-state index in [4.69, 9.17) is 0 Å². The minimum absolute atomic E-state index is 0.0428. The largest absolute Gasteiger partial charge is 0.364 e. The summed E-state index contributed by atoms with van der Waals surface area (Å²) in [6, 6.07) is 4.12. The van der Waals surface area contributed by atoms with Crippen molar-refractivity contribution in [1.82, 2.24) is 10.2 Å². The maximum absolute atomic E-state index is 4.23. The first-order valence-corrected chi connectivity index (χ1v) is 5.85. The Bertz CT molecular complexity index is 423. The summed E-state index contributed by atoms with van der Waals surface area (Å²) in [5, 5.41) is 14.7. The van der Waals surface area contributed by atoms with Gasteiger partial charge in [0.15, 0.2) is 0 Å². The van der Waals surface area contributed by atoms with Crippen LogP contribution in [0.3, 0.4) is 0 Å². The molecule has 15 heavy (non-hydrogen) atoms. The molecule has 2 aromatic heterocycles. The van der Waals surface area contributed by atoms with Crippen molar-refractivity contribution in [2.75, 3.05) is 5.32 Å². The van der Waals surface area contributed by atoms with Gasteiger partial charge in [-0.05, 0) is 32.2 Å².